The SMILES string of the molecule is COCC(C)NCc1cc2nc(-c3ccco3)nn2c(N)n1.Cl.Cl. The molecule has 0 spiro atoms. The van der Waals surface area contributed by atoms with E-state index in [1.54, 1.807) is 25.5 Å². The van der Waals surface area contributed by atoms with Crippen LogP contribution >= 0.6 is 24.8 Å². The number of methoxy groups -OCH3 is 1. The summed E-state index contributed by atoms with van der Waals surface area (Å²) in [6.07, 6.45) is 1.58. The molecule has 1 atom stereocenters. The first-order chi connectivity index (χ1) is 10.7. The number of halogens is 2. The van der Waals surface area contributed by atoms with E-state index in [1.165, 1.54) is 4.52 Å². The highest BCUT2D eigenvalue weighted by Crippen LogP contribution is 2.18. The molecule has 0 radical (unpaired) electrons. The predicted octanol–water partition coefficient (Wildman–Crippen LogP) is 1.93. The molecule has 0 fully saturated rings. The largest absolute Gasteiger partial charge is 0.461 e. The minimum Gasteiger partial charge on any atom is -0.461 e. The van der Waals surface area contributed by atoms with Crippen molar-refractivity contribution in [2.75, 3.05) is 19.5 Å². The van der Waals surface area contributed by atoms with Crippen LogP contribution in [-0.4, -0.2) is 39.3 Å². The molecular weight excluding hydrogens is 355 g/mol. The number of hydrogen-bond donors (Lipinski definition) is 2. The molecule has 1 unspecified atom stereocenters. The number of furan rings is 1. The van der Waals surface area contributed by atoms with Crippen LogP contribution in [0.5, 0.6) is 0 Å². The zero-order valence-corrected chi connectivity index (χ0v) is 14.9. The minimum atomic E-state index is 0. The number of nitrogens with one attached hydrogen (secondary N) is 1. The summed E-state index contributed by atoms with van der Waals surface area (Å²) in [5.74, 6) is 1.37. The molecule has 8 nitrogen and oxygen atoms in total. The molecule has 3 N–H and O–H groups in total. The van der Waals surface area contributed by atoms with Crippen LogP contribution in [-0.2, 0) is 11.3 Å². The molecule has 24 heavy (non-hydrogen) atoms. The van der Waals surface area contributed by atoms with Crippen LogP contribution in [0.15, 0.2) is 28.9 Å². The standard InChI is InChI=1S/C14H18N6O2.2ClH/c1-9(8-21-2)16-7-10-6-12-18-13(11-4-3-5-22-11)19-20(12)14(15)17-10;;/h3-6,9,16H,7-8H2,1-2H3,(H2,15,17);2*1H. The van der Waals surface area contributed by atoms with E-state index >= 15 is 0 Å². The van der Waals surface area contributed by atoms with E-state index in [2.05, 4.69) is 20.4 Å². The number of rotatable bonds is 6. The van der Waals surface area contributed by atoms with Gasteiger partial charge >= 0.3 is 0 Å². The quantitative estimate of drug-likeness (QED) is 0.679. The first-order valence-corrected chi connectivity index (χ1v) is 6.95. The molecule has 3 aromatic rings. The van der Waals surface area contributed by atoms with Crippen LogP contribution < -0.4 is 11.1 Å². The molecule has 0 aliphatic heterocycles. The van der Waals surface area contributed by atoms with E-state index in [4.69, 9.17) is 14.9 Å². The van der Waals surface area contributed by atoms with Crippen molar-refractivity contribution in [1.29, 1.82) is 0 Å². The Morgan fingerprint density at radius 1 is 1.38 bits per heavy atom. The Kier molecular flexibility index (Phi) is 7.43. The maximum absolute atomic E-state index is 5.96. The van der Waals surface area contributed by atoms with Gasteiger partial charge < -0.3 is 20.2 Å². The van der Waals surface area contributed by atoms with Crippen LogP contribution in [0.3, 0.4) is 0 Å². The Labute approximate surface area is 151 Å². The van der Waals surface area contributed by atoms with Crippen LogP contribution in [0.4, 0.5) is 5.95 Å². The summed E-state index contributed by atoms with van der Waals surface area (Å²) in [7, 11) is 1.67. The molecule has 0 bridgehead atoms. The molecule has 0 aliphatic rings. The lowest BCUT2D eigenvalue weighted by Gasteiger charge is -2.12. The van der Waals surface area contributed by atoms with Crippen molar-refractivity contribution in [2.45, 2.75) is 19.5 Å². The van der Waals surface area contributed by atoms with Gasteiger partial charge in [0.25, 0.3) is 0 Å². The zero-order valence-electron chi connectivity index (χ0n) is 13.3. The van der Waals surface area contributed by atoms with E-state index < -0.39 is 0 Å². The minimum absolute atomic E-state index is 0. The molecule has 132 valence electrons. The fraction of sp³-hybridized carbons (Fsp3) is 0.357. The first-order valence-electron chi connectivity index (χ1n) is 6.95. The molecule has 10 heteroatoms. The number of hydrogen-bond acceptors (Lipinski definition) is 7. The predicted molar refractivity (Wildman–Crippen MR) is 95.6 cm³/mol. The van der Waals surface area contributed by atoms with Crippen LogP contribution in [0.1, 0.15) is 12.6 Å². The van der Waals surface area contributed by atoms with Crippen molar-refractivity contribution in [3.05, 3.63) is 30.2 Å². The maximum atomic E-state index is 5.96. The second kappa shape index (κ2) is 8.84. The van der Waals surface area contributed by atoms with Crippen LogP contribution in [0.2, 0.25) is 0 Å². The van der Waals surface area contributed by atoms with E-state index in [1.807, 2.05) is 13.0 Å². The van der Waals surface area contributed by atoms with Gasteiger partial charge in [-0.05, 0) is 19.1 Å². The van der Waals surface area contributed by atoms with E-state index in [-0.39, 0.29) is 30.9 Å². The summed E-state index contributed by atoms with van der Waals surface area (Å²) < 4.78 is 11.9. The van der Waals surface area contributed by atoms with E-state index in [0.29, 0.717) is 36.3 Å². The number of anilines is 1. The van der Waals surface area contributed by atoms with Gasteiger partial charge in [0.05, 0.1) is 18.6 Å². The molecule has 3 aromatic heterocycles. The van der Waals surface area contributed by atoms with Crippen molar-refractivity contribution in [3.63, 3.8) is 0 Å². The van der Waals surface area contributed by atoms with Crippen molar-refractivity contribution >= 4 is 36.4 Å². The van der Waals surface area contributed by atoms with Gasteiger partial charge in [0.2, 0.25) is 11.8 Å². The second-order valence-electron chi connectivity index (χ2n) is 5.03. The zero-order chi connectivity index (χ0) is 15.5. The lowest BCUT2D eigenvalue weighted by Crippen LogP contribution is -2.30. The summed E-state index contributed by atoms with van der Waals surface area (Å²) in [6.45, 7) is 3.25. The van der Waals surface area contributed by atoms with Gasteiger partial charge in [-0.25, -0.2) is 9.97 Å². The fourth-order valence-electron chi connectivity index (χ4n) is 2.15. The Balaban J connectivity index is 0.00000144. The second-order valence-corrected chi connectivity index (χ2v) is 5.03. The molecule has 3 rings (SSSR count). The molecule has 0 aromatic carbocycles. The van der Waals surface area contributed by atoms with Gasteiger partial charge in [-0.15, -0.1) is 29.9 Å². The molecule has 0 saturated heterocycles. The average Bonchev–Trinajstić information content (AvgIpc) is 3.14. The first kappa shape index (κ1) is 20.2. The summed E-state index contributed by atoms with van der Waals surface area (Å²) >= 11 is 0. The number of fused-ring (bicyclic) bond motifs is 1. The molecule has 3 heterocycles. The van der Waals surface area contributed by atoms with E-state index in [0.717, 1.165) is 5.69 Å². The van der Waals surface area contributed by atoms with Gasteiger partial charge in [0.15, 0.2) is 11.4 Å². The average molecular weight is 375 g/mol. The van der Waals surface area contributed by atoms with Gasteiger partial charge in [-0.3, -0.25) is 0 Å². The molecular formula is C14H20Cl2N6O2. The normalized spacial score (nSPS) is 11.8. The highest BCUT2D eigenvalue weighted by Gasteiger charge is 2.12. The third-order valence-electron chi connectivity index (χ3n) is 3.19. The Bertz CT molecular complexity index is 762. The lowest BCUT2D eigenvalue weighted by atomic mass is 10.3. The van der Waals surface area contributed by atoms with Gasteiger partial charge in [0.1, 0.15) is 0 Å². The topological polar surface area (TPSA) is 104 Å². The fourth-order valence-corrected chi connectivity index (χ4v) is 2.15. The van der Waals surface area contributed by atoms with Crippen molar-refractivity contribution in [3.8, 4) is 11.6 Å². The number of aromatic nitrogens is 4. The van der Waals surface area contributed by atoms with E-state index in [9.17, 15) is 0 Å². The highest BCUT2D eigenvalue weighted by atomic mass is 35.5. The summed E-state index contributed by atoms with van der Waals surface area (Å²) in [5.41, 5.74) is 7.39. The van der Waals surface area contributed by atoms with Gasteiger partial charge in [-0.1, -0.05) is 0 Å². The molecule has 0 aliphatic carbocycles. The van der Waals surface area contributed by atoms with Crippen molar-refractivity contribution < 1.29 is 9.15 Å². The Morgan fingerprint density at radius 3 is 2.83 bits per heavy atom. The summed E-state index contributed by atoms with van der Waals surface area (Å²) in [5, 5.41) is 7.61. The monoisotopic (exact) mass is 374 g/mol. The van der Waals surface area contributed by atoms with Crippen molar-refractivity contribution in [1.82, 2.24) is 24.9 Å². The molecule has 0 saturated carbocycles. The number of nitrogens with zero attached hydrogens (tertiary/aromatic N) is 4. The Morgan fingerprint density at radius 2 is 2.17 bits per heavy atom. The lowest BCUT2D eigenvalue weighted by molar-refractivity contribution is 0.171. The van der Waals surface area contributed by atoms with Crippen LogP contribution in [0.25, 0.3) is 17.2 Å². The maximum Gasteiger partial charge on any atom is 0.223 e. The third kappa shape index (κ3) is 4.35. The van der Waals surface area contributed by atoms with Gasteiger partial charge in [0, 0.05) is 25.8 Å². The number of nitrogen functional groups attached to an aromatic ring is 1. The number of nitrogens with two attached hydrogens (primary N) is 1. The molecule has 0 amide bonds. The highest BCUT2D eigenvalue weighted by molar-refractivity contribution is 5.85. The summed E-state index contributed by atoms with van der Waals surface area (Å²) in [4.78, 5) is 8.76. The van der Waals surface area contributed by atoms with Gasteiger partial charge in [-0.2, -0.15) is 4.52 Å². The smallest absolute Gasteiger partial charge is 0.223 e. The Hall–Kier alpha value is -1.87. The third-order valence-corrected chi connectivity index (χ3v) is 3.19. The summed E-state index contributed by atoms with van der Waals surface area (Å²) in [6, 6.07) is 5.66. The number of ether oxygens (including phenoxy) is 1. The van der Waals surface area contributed by atoms with Crippen LogP contribution in [0, 0.1) is 0 Å². The van der Waals surface area contributed by atoms with Crippen molar-refractivity contribution in [2.24, 2.45) is 0 Å².